The second-order valence-electron chi connectivity index (χ2n) is 7.95. The summed E-state index contributed by atoms with van der Waals surface area (Å²) in [5, 5.41) is 0. The van der Waals surface area contributed by atoms with Crippen LogP contribution in [-0.4, -0.2) is 30.9 Å². The molecule has 5 heteroatoms. The molecule has 0 aromatic heterocycles. The predicted molar refractivity (Wildman–Crippen MR) is 124 cm³/mol. The number of ketones is 1. The van der Waals surface area contributed by atoms with Crippen LogP contribution in [0.5, 0.6) is 0 Å². The first kappa shape index (κ1) is 25.3. The zero-order chi connectivity index (χ0) is 23.2. The average molecular weight is 439 g/mol. The van der Waals surface area contributed by atoms with Crippen molar-refractivity contribution in [2.24, 2.45) is 11.8 Å². The van der Waals surface area contributed by atoms with Gasteiger partial charge in [0.15, 0.2) is 0 Å². The van der Waals surface area contributed by atoms with Gasteiger partial charge in [-0.15, -0.1) is 0 Å². The van der Waals surface area contributed by atoms with E-state index < -0.39 is 0 Å². The lowest BCUT2D eigenvalue weighted by Crippen LogP contribution is -2.27. The smallest absolute Gasteiger partial charge is 0.338 e. The fraction of sp³-hybridized carbons (Fsp3) is 0.444. The minimum absolute atomic E-state index is 0.162. The Hall–Kier alpha value is -2.95. The third-order valence-electron chi connectivity index (χ3n) is 5.50. The lowest BCUT2D eigenvalue weighted by atomic mass is 9.83. The van der Waals surface area contributed by atoms with Crippen molar-refractivity contribution in [2.75, 3.05) is 13.2 Å². The van der Waals surface area contributed by atoms with Crippen molar-refractivity contribution < 1.29 is 23.9 Å². The summed E-state index contributed by atoms with van der Waals surface area (Å²) in [5.74, 6) is -0.882. The maximum absolute atomic E-state index is 13.2. The number of carbonyl (C=O) groups is 3. The number of esters is 2. The fourth-order valence-corrected chi connectivity index (χ4v) is 3.79. The van der Waals surface area contributed by atoms with Gasteiger partial charge in [-0.1, -0.05) is 63.1 Å². The van der Waals surface area contributed by atoms with E-state index in [4.69, 9.17) is 9.47 Å². The van der Waals surface area contributed by atoms with E-state index in [0.717, 1.165) is 25.7 Å². The number of rotatable bonds is 14. The summed E-state index contributed by atoms with van der Waals surface area (Å²) in [5.41, 5.74) is 1.02. The minimum atomic E-state index is -0.369. The van der Waals surface area contributed by atoms with Crippen LogP contribution in [0.25, 0.3) is 0 Å². The Morgan fingerprint density at radius 2 is 1.00 bits per heavy atom. The molecular weight excluding hydrogens is 404 g/mol. The highest BCUT2D eigenvalue weighted by Gasteiger charge is 2.26. The molecule has 2 aromatic rings. The van der Waals surface area contributed by atoms with E-state index in [9.17, 15) is 14.4 Å². The molecule has 0 amide bonds. The summed E-state index contributed by atoms with van der Waals surface area (Å²) in [6, 6.07) is 17.7. The van der Waals surface area contributed by atoms with E-state index in [0.29, 0.717) is 24.0 Å². The van der Waals surface area contributed by atoms with Gasteiger partial charge in [-0.2, -0.15) is 0 Å². The van der Waals surface area contributed by atoms with Gasteiger partial charge < -0.3 is 9.47 Å². The number of ether oxygens (including phenoxy) is 2. The van der Waals surface area contributed by atoms with E-state index in [-0.39, 0.29) is 42.8 Å². The first-order valence-corrected chi connectivity index (χ1v) is 11.5. The molecule has 0 radical (unpaired) electrons. The van der Waals surface area contributed by atoms with Gasteiger partial charge in [0.25, 0.3) is 0 Å². The van der Waals surface area contributed by atoms with E-state index in [1.807, 2.05) is 26.0 Å². The first-order valence-electron chi connectivity index (χ1n) is 11.5. The first-order chi connectivity index (χ1) is 15.6. The van der Waals surface area contributed by atoms with E-state index in [1.54, 1.807) is 48.5 Å². The van der Waals surface area contributed by atoms with Crippen molar-refractivity contribution in [1.82, 2.24) is 0 Å². The van der Waals surface area contributed by atoms with Crippen LogP contribution in [0.1, 0.15) is 73.1 Å². The third-order valence-corrected chi connectivity index (χ3v) is 5.50. The number of hydrogen-bond acceptors (Lipinski definition) is 5. The van der Waals surface area contributed by atoms with Gasteiger partial charge in [-0.05, 0) is 49.9 Å². The van der Waals surface area contributed by atoms with E-state index >= 15 is 0 Å². The number of carbonyl (C=O) groups excluding carboxylic acids is 3. The van der Waals surface area contributed by atoms with Crippen LogP contribution in [0, 0.1) is 11.8 Å². The van der Waals surface area contributed by atoms with Crippen molar-refractivity contribution in [3.05, 3.63) is 71.8 Å². The third kappa shape index (κ3) is 8.29. The van der Waals surface area contributed by atoms with Gasteiger partial charge >= 0.3 is 11.9 Å². The average Bonchev–Trinajstić information content (AvgIpc) is 2.83. The lowest BCUT2D eigenvalue weighted by Gasteiger charge is -2.22. The molecule has 0 saturated carbocycles. The standard InChI is InChI=1S/C27H34O5/c1-3-11-21(17-19-31-26(29)23-13-7-5-8-14-23)25(28)22(12-4-2)18-20-32-27(30)24-15-9-6-10-16-24/h5-10,13-16,21-22H,3-4,11-12,17-20H2,1-2H3. The van der Waals surface area contributed by atoms with Crippen LogP contribution in [0.3, 0.4) is 0 Å². The molecule has 172 valence electrons. The molecule has 2 aromatic carbocycles. The highest BCUT2D eigenvalue weighted by molar-refractivity contribution is 5.90. The Balaban J connectivity index is 1.87. The molecule has 0 N–H and O–H groups in total. The van der Waals surface area contributed by atoms with Gasteiger partial charge in [0.2, 0.25) is 0 Å². The number of Topliss-reactive ketones (excluding diaryl/α,β-unsaturated/α-hetero) is 1. The Bertz CT molecular complexity index is 762. The molecule has 0 bridgehead atoms. The van der Waals surface area contributed by atoms with E-state index in [2.05, 4.69) is 0 Å². The Labute approximate surface area is 191 Å². The zero-order valence-corrected chi connectivity index (χ0v) is 19.1. The van der Waals surface area contributed by atoms with Gasteiger partial charge in [0.05, 0.1) is 24.3 Å². The predicted octanol–water partition coefficient (Wildman–Crippen LogP) is 5.88. The molecule has 0 fully saturated rings. The lowest BCUT2D eigenvalue weighted by molar-refractivity contribution is -0.128. The van der Waals surface area contributed by atoms with Crippen molar-refractivity contribution in [2.45, 2.75) is 52.4 Å². The molecule has 2 atom stereocenters. The maximum atomic E-state index is 13.2. The Morgan fingerprint density at radius 1 is 0.625 bits per heavy atom. The summed E-state index contributed by atoms with van der Waals surface area (Å²) in [4.78, 5) is 37.5. The quantitative estimate of drug-likeness (QED) is 0.344. The Kier molecular flexibility index (Phi) is 11.2. The van der Waals surface area contributed by atoms with Crippen LogP contribution < -0.4 is 0 Å². The zero-order valence-electron chi connectivity index (χ0n) is 19.1. The molecule has 2 unspecified atom stereocenters. The summed E-state index contributed by atoms with van der Waals surface area (Å²) in [6.07, 6.45) is 4.29. The van der Waals surface area contributed by atoms with Crippen LogP contribution in [0.2, 0.25) is 0 Å². The monoisotopic (exact) mass is 438 g/mol. The highest BCUT2D eigenvalue weighted by atomic mass is 16.5. The largest absolute Gasteiger partial charge is 0.462 e. The molecule has 0 aliphatic carbocycles. The van der Waals surface area contributed by atoms with Gasteiger partial charge in [0.1, 0.15) is 5.78 Å². The highest BCUT2D eigenvalue weighted by Crippen LogP contribution is 2.23. The molecule has 0 heterocycles. The van der Waals surface area contributed by atoms with Crippen molar-refractivity contribution in [3.8, 4) is 0 Å². The van der Waals surface area contributed by atoms with Crippen molar-refractivity contribution >= 4 is 17.7 Å². The summed E-state index contributed by atoms with van der Waals surface area (Å²) in [6.45, 7) is 4.53. The van der Waals surface area contributed by atoms with Gasteiger partial charge in [-0.25, -0.2) is 9.59 Å². The minimum Gasteiger partial charge on any atom is -0.462 e. The van der Waals surface area contributed by atoms with Crippen molar-refractivity contribution in [3.63, 3.8) is 0 Å². The molecule has 0 aliphatic heterocycles. The molecule has 0 spiro atoms. The van der Waals surface area contributed by atoms with Crippen LogP contribution in [0.15, 0.2) is 60.7 Å². The van der Waals surface area contributed by atoms with Crippen LogP contribution in [0.4, 0.5) is 0 Å². The maximum Gasteiger partial charge on any atom is 0.338 e. The molecular formula is C27H34O5. The SMILES string of the molecule is CCCC(CCOC(=O)c1ccccc1)C(=O)C(CCC)CCOC(=O)c1ccccc1. The summed E-state index contributed by atoms with van der Waals surface area (Å²) in [7, 11) is 0. The molecule has 0 saturated heterocycles. The van der Waals surface area contributed by atoms with E-state index in [1.165, 1.54) is 0 Å². The molecule has 5 nitrogen and oxygen atoms in total. The molecule has 32 heavy (non-hydrogen) atoms. The van der Waals surface area contributed by atoms with Crippen LogP contribution >= 0.6 is 0 Å². The number of hydrogen-bond donors (Lipinski definition) is 0. The summed E-state index contributed by atoms with van der Waals surface area (Å²) >= 11 is 0. The van der Waals surface area contributed by atoms with Crippen molar-refractivity contribution in [1.29, 1.82) is 0 Å². The molecule has 0 aliphatic rings. The summed E-state index contributed by atoms with van der Waals surface area (Å²) < 4.78 is 10.8. The topological polar surface area (TPSA) is 69.7 Å². The second-order valence-corrected chi connectivity index (χ2v) is 7.95. The molecule has 2 rings (SSSR count). The van der Waals surface area contributed by atoms with Crippen LogP contribution in [-0.2, 0) is 14.3 Å². The number of benzene rings is 2. The fourth-order valence-electron chi connectivity index (χ4n) is 3.79. The van der Waals surface area contributed by atoms with Gasteiger partial charge in [-0.3, -0.25) is 4.79 Å². The van der Waals surface area contributed by atoms with Gasteiger partial charge in [0, 0.05) is 11.8 Å². The Morgan fingerprint density at radius 3 is 1.34 bits per heavy atom. The normalized spacial score (nSPS) is 12.6. The second kappa shape index (κ2) is 14.2.